The summed E-state index contributed by atoms with van der Waals surface area (Å²) in [5.41, 5.74) is 7.00. The molecule has 1 heterocycles. The topological polar surface area (TPSA) is 117 Å². The van der Waals surface area contributed by atoms with E-state index < -0.39 is 16.0 Å². The van der Waals surface area contributed by atoms with Crippen molar-refractivity contribution >= 4 is 74.9 Å². The van der Waals surface area contributed by atoms with Crippen LogP contribution in [0.1, 0.15) is 21.1 Å². The van der Waals surface area contributed by atoms with Crippen molar-refractivity contribution in [3.63, 3.8) is 0 Å². The van der Waals surface area contributed by atoms with Gasteiger partial charge in [0, 0.05) is 16.6 Å². The fraction of sp³-hybridized carbons (Fsp3) is 0.158. The first-order chi connectivity index (χ1) is 14.0. The second kappa shape index (κ2) is 8.44. The highest BCUT2D eigenvalue weighted by Gasteiger charge is 2.51. The highest BCUT2D eigenvalue weighted by atomic mass is 35.5. The van der Waals surface area contributed by atoms with Gasteiger partial charge in [-0.3, -0.25) is 4.79 Å². The van der Waals surface area contributed by atoms with Crippen LogP contribution in [-0.4, -0.2) is 37.0 Å². The van der Waals surface area contributed by atoms with Crippen LogP contribution < -0.4 is 16.4 Å². The number of aromatic nitrogens is 1. The van der Waals surface area contributed by atoms with E-state index >= 15 is 0 Å². The Morgan fingerprint density at radius 2 is 2.00 bits per heavy atom. The highest BCUT2D eigenvalue weighted by Crippen LogP contribution is 2.43. The summed E-state index contributed by atoms with van der Waals surface area (Å²) < 4.78 is 0. The molecule has 11 heteroatoms. The molecule has 1 aliphatic carbocycles. The number of nitrogens with two attached hydrogens (primary N) is 1. The number of para-hydroxylation sites is 1. The van der Waals surface area contributed by atoms with Gasteiger partial charge in [-0.2, -0.15) is 0 Å². The number of hydrogen-bond acceptors (Lipinski definition) is 6. The van der Waals surface area contributed by atoms with Gasteiger partial charge in [0.25, 0.3) is 5.91 Å². The van der Waals surface area contributed by atoms with Crippen molar-refractivity contribution in [2.45, 2.75) is 16.9 Å². The molecule has 0 bridgehead atoms. The van der Waals surface area contributed by atoms with Crippen LogP contribution in [-0.2, 0) is 0 Å². The van der Waals surface area contributed by atoms with E-state index in [4.69, 9.17) is 41.2 Å². The van der Waals surface area contributed by atoms with Crippen molar-refractivity contribution in [1.29, 1.82) is 0 Å². The van der Waals surface area contributed by atoms with Crippen molar-refractivity contribution in [1.82, 2.24) is 10.3 Å². The van der Waals surface area contributed by atoms with Crippen molar-refractivity contribution in [2.75, 3.05) is 5.32 Å². The maximum absolute atomic E-state index is 12.5. The predicted octanol–water partition coefficient (Wildman–Crippen LogP) is 3.56. The Hall–Kier alpha value is -2.30. The molecular weight excluding hydrogens is 467 g/mol. The number of aryl methyl sites for hydroxylation is 1. The van der Waals surface area contributed by atoms with E-state index in [0.29, 0.717) is 22.5 Å². The number of halogens is 2. The lowest BCUT2D eigenvalue weighted by Gasteiger charge is -2.37. The van der Waals surface area contributed by atoms with Gasteiger partial charge in [0.2, 0.25) is 0 Å². The number of carbonyl (C=O) groups is 2. The zero-order valence-corrected chi connectivity index (χ0v) is 18.6. The minimum absolute atomic E-state index is 0.268. The summed E-state index contributed by atoms with van der Waals surface area (Å²) >= 11 is 19.2. The fourth-order valence-electron chi connectivity index (χ4n) is 2.78. The number of alkyl halides is 2. The average Bonchev–Trinajstić information content (AvgIpc) is 3.10. The number of hydrogen-bond donors (Lipinski definition) is 4. The molecule has 1 aromatic heterocycles. The quantitative estimate of drug-likeness (QED) is 0.392. The van der Waals surface area contributed by atoms with E-state index in [1.165, 1.54) is 23.5 Å². The zero-order chi connectivity index (χ0) is 22.1. The number of carbonyl (C=O) groups excluding carboxylic acids is 2. The number of anilines is 1. The largest absolute Gasteiger partial charge is 0.369 e. The van der Waals surface area contributed by atoms with Crippen LogP contribution in [0.4, 0.5) is 10.5 Å². The molecule has 2 aromatic rings. The number of allylic oxidation sites excluding steroid dienone is 2. The Morgan fingerprint density at radius 3 is 2.63 bits per heavy atom. The second-order valence-electron chi connectivity index (χ2n) is 6.39. The molecule has 3 amide bonds. The summed E-state index contributed by atoms with van der Waals surface area (Å²) in [5.74, 6) is -0.371. The number of aliphatic hydroxyl groups is 1. The third-order valence-corrected chi connectivity index (χ3v) is 6.67. The molecule has 5 N–H and O–H groups in total. The van der Waals surface area contributed by atoms with Crippen molar-refractivity contribution < 1.29 is 14.7 Å². The van der Waals surface area contributed by atoms with Crippen molar-refractivity contribution in [3.8, 4) is 0 Å². The Kier molecular flexibility index (Phi) is 6.30. The monoisotopic (exact) mass is 482 g/mol. The smallest absolute Gasteiger partial charge is 0.317 e. The zero-order valence-electron chi connectivity index (χ0n) is 15.5. The number of primary amides is 1. The van der Waals surface area contributed by atoms with Gasteiger partial charge in [0.05, 0.1) is 5.01 Å². The Balaban J connectivity index is 1.99. The predicted molar refractivity (Wildman–Crippen MR) is 123 cm³/mol. The second-order valence-corrected chi connectivity index (χ2v) is 9.03. The number of thiazole rings is 1. The van der Waals surface area contributed by atoms with E-state index in [-0.39, 0.29) is 10.9 Å². The molecule has 7 nitrogen and oxygen atoms in total. The van der Waals surface area contributed by atoms with Crippen LogP contribution in [0, 0.1) is 6.92 Å². The van der Waals surface area contributed by atoms with E-state index in [2.05, 4.69) is 15.6 Å². The molecule has 0 aliphatic heterocycles. The number of rotatable bonds is 4. The lowest BCUT2D eigenvalue weighted by Crippen LogP contribution is -2.56. The Morgan fingerprint density at radius 1 is 1.30 bits per heavy atom. The molecule has 1 aromatic carbocycles. The van der Waals surface area contributed by atoms with Crippen LogP contribution in [0.25, 0.3) is 5.57 Å². The molecule has 0 fully saturated rings. The first-order valence-electron chi connectivity index (χ1n) is 8.49. The van der Waals surface area contributed by atoms with Gasteiger partial charge in [-0.1, -0.05) is 48.1 Å². The third kappa shape index (κ3) is 4.40. The summed E-state index contributed by atoms with van der Waals surface area (Å²) in [6.45, 7) is 1.81. The molecule has 30 heavy (non-hydrogen) atoms. The molecule has 0 radical (unpaired) electrons. The summed E-state index contributed by atoms with van der Waals surface area (Å²) in [5, 5.41) is 15.9. The van der Waals surface area contributed by atoms with Gasteiger partial charge in [0.1, 0.15) is 10.7 Å². The lowest BCUT2D eigenvalue weighted by molar-refractivity contribution is 0.102. The van der Waals surface area contributed by atoms with E-state index in [1.807, 2.05) is 6.92 Å². The molecule has 3 rings (SSSR count). The van der Waals surface area contributed by atoms with Crippen LogP contribution >= 0.6 is 46.8 Å². The van der Waals surface area contributed by atoms with Gasteiger partial charge in [-0.25, -0.2) is 9.78 Å². The van der Waals surface area contributed by atoms with Crippen molar-refractivity contribution in [2.24, 2.45) is 5.73 Å². The number of nitrogens with zero attached hydrogens (tertiary/aromatic N) is 1. The Labute approximate surface area is 191 Å². The van der Waals surface area contributed by atoms with Crippen molar-refractivity contribution in [3.05, 3.63) is 64.1 Å². The number of urea groups is 1. The SMILES string of the molecule is Cc1nc(C(=O)Nc2ccccc2C2=CC(Cl)(C(=S)NC(N)=O)C(O)(Cl)C=C2)cs1. The van der Waals surface area contributed by atoms with Crippen LogP contribution in [0.3, 0.4) is 0 Å². The summed E-state index contributed by atoms with van der Waals surface area (Å²) in [6.07, 6.45) is 4.19. The van der Waals surface area contributed by atoms with E-state index in [9.17, 15) is 14.7 Å². The fourth-order valence-corrected chi connectivity index (χ4v) is 4.18. The maximum atomic E-state index is 12.5. The van der Waals surface area contributed by atoms with Crippen LogP contribution in [0.5, 0.6) is 0 Å². The van der Waals surface area contributed by atoms with Gasteiger partial charge >= 0.3 is 6.03 Å². The highest BCUT2D eigenvalue weighted by molar-refractivity contribution is 7.80. The first-order valence-corrected chi connectivity index (χ1v) is 10.5. The molecule has 2 unspecified atom stereocenters. The number of amides is 3. The normalized spacial score (nSPS) is 22.9. The number of thiocarbonyl (C=S) groups is 1. The van der Waals surface area contributed by atoms with Gasteiger partial charge < -0.3 is 21.5 Å². The van der Waals surface area contributed by atoms with Gasteiger partial charge in [0.15, 0.2) is 9.93 Å². The minimum atomic E-state index is -2.12. The minimum Gasteiger partial charge on any atom is -0.369 e. The molecule has 1 aliphatic rings. The summed E-state index contributed by atoms with van der Waals surface area (Å²) in [6, 6.07) is 6.04. The summed E-state index contributed by atoms with van der Waals surface area (Å²) in [4.78, 5) is 25.8. The summed E-state index contributed by atoms with van der Waals surface area (Å²) in [7, 11) is 0. The van der Waals surface area contributed by atoms with Crippen LogP contribution in [0.2, 0.25) is 0 Å². The molecule has 2 atom stereocenters. The van der Waals surface area contributed by atoms with Gasteiger partial charge in [-0.05, 0) is 30.7 Å². The lowest BCUT2D eigenvalue weighted by atomic mass is 9.88. The van der Waals surface area contributed by atoms with E-state index in [1.54, 1.807) is 35.7 Å². The third-order valence-electron chi connectivity index (χ3n) is 4.25. The molecule has 0 spiro atoms. The molecule has 0 saturated carbocycles. The standard InChI is InChI=1S/C19H16Cl2N4O3S2/c1-10-23-14(9-30-10)15(26)24-13-5-3-2-4-12(13)11-6-7-19(21,28)18(20,8-11)16(29)25-17(22)27/h2-9,28H,1H3,(H,24,26)(H3,22,25,27,29). The first kappa shape index (κ1) is 22.4. The maximum Gasteiger partial charge on any atom is 0.317 e. The average molecular weight is 483 g/mol. The molecule has 156 valence electrons. The molecular formula is C19H16Cl2N4O3S2. The Bertz CT molecular complexity index is 1100. The van der Waals surface area contributed by atoms with Crippen LogP contribution in [0.15, 0.2) is 47.9 Å². The number of nitrogens with one attached hydrogen (secondary N) is 2. The number of benzene rings is 1. The van der Waals surface area contributed by atoms with E-state index in [0.717, 1.165) is 5.01 Å². The molecule has 0 saturated heterocycles. The van der Waals surface area contributed by atoms with Gasteiger partial charge in [-0.15, -0.1) is 22.9 Å².